The van der Waals surface area contributed by atoms with E-state index in [9.17, 15) is 9.50 Å². The zero-order valence-corrected chi connectivity index (χ0v) is 11.2. The molecule has 1 aromatic carbocycles. The average Bonchev–Trinajstić information content (AvgIpc) is 2.28. The third-order valence-electron chi connectivity index (χ3n) is 3.01. The van der Waals surface area contributed by atoms with Gasteiger partial charge in [-0.2, -0.15) is 0 Å². The highest BCUT2D eigenvalue weighted by molar-refractivity contribution is 6.30. The molecule has 1 rings (SSSR count). The highest BCUT2D eigenvalue weighted by Crippen LogP contribution is 2.24. The Labute approximate surface area is 107 Å². The van der Waals surface area contributed by atoms with Crippen LogP contribution >= 0.6 is 11.6 Å². The summed E-state index contributed by atoms with van der Waals surface area (Å²) in [5.74, 6) is 0.181. The minimum absolute atomic E-state index is 0.101. The molecule has 2 nitrogen and oxygen atoms in total. The number of hydrogen-bond donors (Lipinski definition) is 1. The highest BCUT2D eigenvalue weighted by atomic mass is 35.5. The maximum atomic E-state index is 13.6. The van der Waals surface area contributed by atoms with Crippen molar-refractivity contribution in [2.24, 2.45) is 11.8 Å². The van der Waals surface area contributed by atoms with Gasteiger partial charge in [0, 0.05) is 31.1 Å². The molecule has 0 aliphatic heterocycles. The van der Waals surface area contributed by atoms with E-state index in [0.29, 0.717) is 23.2 Å². The molecule has 0 spiro atoms. The number of nitrogens with zero attached hydrogens (tertiary/aromatic N) is 1. The van der Waals surface area contributed by atoms with Gasteiger partial charge in [-0.15, -0.1) is 0 Å². The predicted octanol–water partition coefficient (Wildman–Crippen LogP) is 3.18. The van der Waals surface area contributed by atoms with Gasteiger partial charge in [0.2, 0.25) is 0 Å². The summed E-state index contributed by atoms with van der Waals surface area (Å²) in [6, 6.07) is 4.49. The molecule has 1 atom stereocenters. The molecule has 0 fully saturated rings. The Morgan fingerprint density at radius 3 is 2.59 bits per heavy atom. The summed E-state index contributed by atoms with van der Waals surface area (Å²) < 4.78 is 13.6. The molecule has 4 heteroatoms. The topological polar surface area (TPSA) is 23.5 Å². The lowest BCUT2D eigenvalue weighted by atomic mass is 9.96. The largest absolute Gasteiger partial charge is 0.396 e. The second kappa shape index (κ2) is 6.22. The van der Waals surface area contributed by atoms with E-state index in [1.54, 1.807) is 18.0 Å². The van der Waals surface area contributed by atoms with Crippen LogP contribution in [0.3, 0.4) is 0 Å². The normalized spacial score (nSPS) is 12.9. The molecular weight excluding hydrogens is 241 g/mol. The fraction of sp³-hybridized carbons (Fsp3) is 0.538. The maximum Gasteiger partial charge on any atom is 0.146 e. The summed E-state index contributed by atoms with van der Waals surface area (Å²) in [6.07, 6.45) is 0. The second-order valence-corrected chi connectivity index (χ2v) is 5.10. The van der Waals surface area contributed by atoms with Crippen LogP contribution in [0.25, 0.3) is 0 Å². The maximum absolute atomic E-state index is 13.6. The van der Waals surface area contributed by atoms with Crippen molar-refractivity contribution in [3.05, 3.63) is 29.0 Å². The van der Waals surface area contributed by atoms with Crippen molar-refractivity contribution in [1.29, 1.82) is 0 Å². The van der Waals surface area contributed by atoms with E-state index in [-0.39, 0.29) is 18.3 Å². The Morgan fingerprint density at radius 1 is 1.41 bits per heavy atom. The van der Waals surface area contributed by atoms with Crippen molar-refractivity contribution in [3.8, 4) is 0 Å². The molecule has 0 radical (unpaired) electrons. The van der Waals surface area contributed by atoms with E-state index in [2.05, 4.69) is 0 Å². The summed E-state index contributed by atoms with van der Waals surface area (Å²) >= 11 is 5.85. The van der Waals surface area contributed by atoms with Crippen LogP contribution in [0.4, 0.5) is 10.1 Å². The quantitative estimate of drug-likeness (QED) is 0.878. The van der Waals surface area contributed by atoms with Crippen LogP contribution < -0.4 is 4.90 Å². The van der Waals surface area contributed by atoms with Gasteiger partial charge in [-0.3, -0.25) is 0 Å². The Bertz CT molecular complexity index is 370. The molecule has 1 N–H and O–H groups in total. The first kappa shape index (κ1) is 14.3. The summed E-state index contributed by atoms with van der Waals surface area (Å²) in [5.41, 5.74) is 0.469. The van der Waals surface area contributed by atoms with Crippen LogP contribution in [0.15, 0.2) is 18.2 Å². The minimum atomic E-state index is -0.294. The fourth-order valence-corrected chi connectivity index (χ4v) is 1.87. The van der Waals surface area contributed by atoms with Crippen molar-refractivity contribution in [2.45, 2.75) is 13.8 Å². The molecule has 0 saturated carbocycles. The van der Waals surface area contributed by atoms with Gasteiger partial charge in [0.25, 0.3) is 0 Å². The molecule has 0 aliphatic carbocycles. The first-order chi connectivity index (χ1) is 7.95. The summed E-state index contributed by atoms with van der Waals surface area (Å²) in [5, 5.41) is 9.78. The SMILES string of the molecule is CC(C)C(CO)CN(C)c1cc(Cl)ccc1F. The van der Waals surface area contributed by atoms with Crippen molar-refractivity contribution in [2.75, 3.05) is 25.1 Å². The number of aliphatic hydroxyl groups is 1. The molecule has 96 valence electrons. The lowest BCUT2D eigenvalue weighted by Gasteiger charge is -2.27. The van der Waals surface area contributed by atoms with Gasteiger partial charge in [-0.1, -0.05) is 25.4 Å². The van der Waals surface area contributed by atoms with Gasteiger partial charge in [-0.25, -0.2) is 4.39 Å². The van der Waals surface area contributed by atoms with Gasteiger partial charge in [0.05, 0.1) is 5.69 Å². The molecule has 1 unspecified atom stereocenters. The summed E-state index contributed by atoms with van der Waals surface area (Å²) in [4.78, 5) is 1.79. The Hall–Kier alpha value is -0.800. The smallest absolute Gasteiger partial charge is 0.146 e. The monoisotopic (exact) mass is 259 g/mol. The summed E-state index contributed by atoms with van der Waals surface area (Å²) in [7, 11) is 1.81. The predicted molar refractivity (Wildman–Crippen MR) is 70.1 cm³/mol. The van der Waals surface area contributed by atoms with Crippen molar-refractivity contribution in [1.82, 2.24) is 0 Å². The van der Waals surface area contributed by atoms with E-state index in [0.717, 1.165) is 0 Å². The number of anilines is 1. The molecule has 0 bridgehead atoms. The zero-order chi connectivity index (χ0) is 13.0. The number of rotatable bonds is 5. The van der Waals surface area contributed by atoms with Crippen LogP contribution in [-0.4, -0.2) is 25.3 Å². The van der Waals surface area contributed by atoms with Crippen LogP contribution in [-0.2, 0) is 0 Å². The lowest BCUT2D eigenvalue weighted by molar-refractivity contribution is 0.193. The molecule has 0 heterocycles. The number of benzene rings is 1. The van der Waals surface area contributed by atoms with Crippen molar-refractivity contribution < 1.29 is 9.50 Å². The average molecular weight is 260 g/mol. The van der Waals surface area contributed by atoms with E-state index >= 15 is 0 Å². The number of hydrogen-bond acceptors (Lipinski definition) is 2. The van der Waals surface area contributed by atoms with Gasteiger partial charge in [0.1, 0.15) is 5.82 Å². The van der Waals surface area contributed by atoms with Crippen LogP contribution in [0, 0.1) is 17.7 Å². The van der Waals surface area contributed by atoms with Gasteiger partial charge >= 0.3 is 0 Å². The second-order valence-electron chi connectivity index (χ2n) is 4.66. The van der Waals surface area contributed by atoms with Crippen molar-refractivity contribution >= 4 is 17.3 Å². The van der Waals surface area contributed by atoms with Gasteiger partial charge in [-0.05, 0) is 24.1 Å². The molecule has 1 aromatic rings. The Morgan fingerprint density at radius 2 is 2.06 bits per heavy atom. The molecule has 17 heavy (non-hydrogen) atoms. The number of halogens is 2. The summed E-state index contributed by atoms with van der Waals surface area (Å²) in [6.45, 7) is 4.79. The molecule has 0 amide bonds. The fourth-order valence-electron chi connectivity index (χ4n) is 1.71. The standard InChI is InChI=1S/C13H19ClFNO/c1-9(2)10(8-17)7-16(3)13-6-11(14)4-5-12(13)15/h4-6,9-10,17H,7-8H2,1-3H3. The van der Waals surface area contributed by atoms with Crippen LogP contribution in [0.5, 0.6) is 0 Å². The molecular formula is C13H19ClFNO. The van der Waals surface area contributed by atoms with Gasteiger partial charge in [0.15, 0.2) is 0 Å². The first-order valence-corrected chi connectivity index (χ1v) is 6.10. The van der Waals surface area contributed by atoms with Crippen LogP contribution in [0.1, 0.15) is 13.8 Å². The molecule has 0 saturated heterocycles. The third kappa shape index (κ3) is 3.86. The van der Waals surface area contributed by atoms with E-state index < -0.39 is 0 Å². The lowest BCUT2D eigenvalue weighted by Crippen LogP contribution is -2.31. The van der Waals surface area contributed by atoms with E-state index in [1.165, 1.54) is 12.1 Å². The van der Waals surface area contributed by atoms with Crippen molar-refractivity contribution in [3.63, 3.8) is 0 Å². The zero-order valence-electron chi connectivity index (χ0n) is 10.5. The van der Waals surface area contributed by atoms with Crippen LogP contribution in [0.2, 0.25) is 5.02 Å². The first-order valence-electron chi connectivity index (χ1n) is 5.72. The van der Waals surface area contributed by atoms with E-state index in [4.69, 9.17) is 11.6 Å². The minimum Gasteiger partial charge on any atom is -0.396 e. The third-order valence-corrected chi connectivity index (χ3v) is 3.24. The number of aliphatic hydroxyl groups excluding tert-OH is 1. The molecule has 0 aromatic heterocycles. The van der Waals surface area contributed by atoms with Gasteiger partial charge < -0.3 is 10.0 Å². The molecule has 0 aliphatic rings. The Balaban J connectivity index is 2.81. The Kier molecular flexibility index (Phi) is 5.22. The highest BCUT2D eigenvalue weighted by Gasteiger charge is 2.17. The van der Waals surface area contributed by atoms with E-state index in [1.807, 2.05) is 13.8 Å².